The van der Waals surface area contributed by atoms with Gasteiger partial charge < -0.3 is 17.2 Å². The number of carbonyl (C=O) groups excluding carboxylic acids is 2. The van der Waals surface area contributed by atoms with Crippen molar-refractivity contribution in [2.75, 3.05) is 5.73 Å². The summed E-state index contributed by atoms with van der Waals surface area (Å²) in [5.41, 5.74) is 19.7. The van der Waals surface area contributed by atoms with Crippen molar-refractivity contribution < 1.29 is 9.59 Å². The highest BCUT2D eigenvalue weighted by atomic mass is 35.5. The molecule has 2 aromatic carbocycles. The second-order valence-electron chi connectivity index (χ2n) is 6.04. The lowest BCUT2D eigenvalue weighted by Crippen LogP contribution is -2.52. The van der Waals surface area contributed by atoms with Crippen LogP contribution in [0.25, 0.3) is 10.1 Å². The molecule has 0 amide bonds. The highest BCUT2D eigenvalue weighted by molar-refractivity contribution is 7.23. The van der Waals surface area contributed by atoms with Gasteiger partial charge in [-0.25, -0.2) is 0 Å². The number of benzene rings is 2. The molecule has 0 spiro atoms. The Morgan fingerprint density at radius 3 is 2.48 bits per heavy atom. The maximum absolute atomic E-state index is 13.2. The summed E-state index contributed by atoms with van der Waals surface area (Å²) < 4.78 is 0.671. The van der Waals surface area contributed by atoms with E-state index in [1.54, 1.807) is 24.3 Å². The highest BCUT2D eigenvalue weighted by Gasteiger charge is 2.48. The van der Waals surface area contributed by atoms with Gasteiger partial charge in [-0.05, 0) is 28.8 Å². The van der Waals surface area contributed by atoms with Crippen molar-refractivity contribution in [3.05, 3.63) is 64.0 Å². The summed E-state index contributed by atoms with van der Waals surface area (Å²) in [5.74, 6) is -0.380. The van der Waals surface area contributed by atoms with Crippen molar-refractivity contribution in [2.24, 2.45) is 11.5 Å². The van der Waals surface area contributed by atoms with E-state index < -0.39 is 16.8 Å². The Morgan fingerprint density at radius 1 is 1.16 bits per heavy atom. The van der Waals surface area contributed by atoms with Gasteiger partial charge in [-0.15, -0.1) is 11.3 Å². The van der Waals surface area contributed by atoms with Gasteiger partial charge in [-0.2, -0.15) is 0 Å². The molecule has 0 radical (unpaired) electrons. The molecule has 1 aliphatic carbocycles. The third kappa shape index (κ3) is 2.02. The first-order valence-corrected chi connectivity index (χ1v) is 8.76. The van der Waals surface area contributed by atoms with Gasteiger partial charge in [0.1, 0.15) is 5.54 Å². The minimum Gasteiger partial charge on any atom is -0.398 e. The number of nitrogen functional groups attached to an aromatic ring is 1. The second-order valence-corrected chi connectivity index (χ2v) is 7.40. The van der Waals surface area contributed by atoms with Crippen molar-refractivity contribution in [3.63, 3.8) is 0 Å². The minimum absolute atomic E-state index is 0.242. The number of hydrogen-bond donors (Lipinski definition) is 3. The van der Waals surface area contributed by atoms with Crippen LogP contribution in [-0.2, 0) is 10.3 Å². The van der Waals surface area contributed by atoms with Crippen LogP contribution in [0.4, 0.5) is 5.69 Å². The molecule has 126 valence electrons. The van der Waals surface area contributed by atoms with Gasteiger partial charge in [0, 0.05) is 16.6 Å². The highest BCUT2D eigenvalue weighted by Crippen LogP contribution is 2.49. The third-order valence-electron chi connectivity index (χ3n) is 4.72. The van der Waals surface area contributed by atoms with Crippen LogP contribution in [-0.4, -0.2) is 11.0 Å². The molecule has 1 aliphatic rings. The van der Waals surface area contributed by atoms with Gasteiger partial charge in [-0.3, -0.25) is 9.59 Å². The molecular weight excluding hydrogens is 358 g/mol. The van der Waals surface area contributed by atoms with E-state index in [0.29, 0.717) is 32.5 Å². The summed E-state index contributed by atoms with van der Waals surface area (Å²) in [6.07, 6.45) is 0. The molecule has 7 heteroatoms. The first-order chi connectivity index (χ1) is 11.9. The number of anilines is 1. The largest absolute Gasteiger partial charge is 0.398 e. The zero-order chi connectivity index (χ0) is 17.9. The lowest BCUT2D eigenvalue weighted by atomic mass is 9.70. The molecule has 3 aromatic rings. The van der Waals surface area contributed by atoms with Gasteiger partial charge in [0.2, 0.25) is 0 Å². The lowest BCUT2D eigenvalue weighted by Gasteiger charge is -2.36. The number of thiophene rings is 1. The topological polar surface area (TPSA) is 112 Å². The van der Waals surface area contributed by atoms with Gasteiger partial charge in [0.25, 0.3) is 5.24 Å². The van der Waals surface area contributed by atoms with Crippen LogP contribution in [0.2, 0.25) is 0 Å². The molecule has 1 heterocycles. The minimum atomic E-state index is -1.41. The van der Waals surface area contributed by atoms with E-state index in [4.69, 9.17) is 28.8 Å². The van der Waals surface area contributed by atoms with Gasteiger partial charge in [0.05, 0.1) is 15.6 Å². The SMILES string of the molecule is Nc1ccc2c3c(c(C(=O)Cl)sc13)C(N)C(=O)C2(N)c1ccccc1. The molecule has 5 nitrogen and oxygen atoms in total. The third-order valence-corrected chi connectivity index (χ3v) is 6.28. The molecule has 0 aliphatic heterocycles. The Hall–Kier alpha value is -2.25. The van der Waals surface area contributed by atoms with E-state index in [2.05, 4.69) is 0 Å². The standard InChI is InChI=1S/C18H14ClN3O2S/c19-17(24)15-12-11-9(6-7-10(20)14(11)25-15)18(22,16(23)13(12)21)8-4-2-1-3-5-8/h1-7,13H,20-22H2. The Morgan fingerprint density at radius 2 is 1.84 bits per heavy atom. The molecular formula is C18H14ClN3O2S. The summed E-state index contributed by atoms with van der Waals surface area (Å²) in [6, 6.07) is 11.4. The zero-order valence-corrected chi connectivity index (χ0v) is 14.5. The summed E-state index contributed by atoms with van der Waals surface area (Å²) in [5, 5.41) is 0.00138. The maximum atomic E-state index is 13.2. The molecule has 1 aromatic heterocycles. The fourth-order valence-corrected chi connectivity index (χ4v) is 4.87. The maximum Gasteiger partial charge on any atom is 0.262 e. The first kappa shape index (κ1) is 16.2. The van der Waals surface area contributed by atoms with E-state index in [1.807, 2.05) is 18.2 Å². The summed E-state index contributed by atoms with van der Waals surface area (Å²) >= 11 is 6.87. The molecule has 0 saturated carbocycles. The number of carbonyl (C=O) groups is 2. The zero-order valence-electron chi connectivity index (χ0n) is 13.0. The number of hydrogen-bond acceptors (Lipinski definition) is 6. The summed E-state index contributed by atoms with van der Waals surface area (Å²) in [7, 11) is 0. The second kappa shape index (κ2) is 5.37. The molecule has 6 N–H and O–H groups in total. The fourth-order valence-electron chi connectivity index (χ4n) is 3.53. The Bertz CT molecular complexity index is 1050. The van der Waals surface area contributed by atoms with Gasteiger partial charge >= 0.3 is 0 Å². The molecule has 0 bridgehead atoms. The number of Topliss-reactive ketones (excluding diaryl/α,β-unsaturated/α-hetero) is 1. The average Bonchev–Trinajstić information content (AvgIpc) is 3.02. The monoisotopic (exact) mass is 371 g/mol. The van der Waals surface area contributed by atoms with Crippen LogP contribution in [0.1, 0.15) is 32.4 Å². The average molecular weight is 372 g/mol. The van der Waals surface area contributed by atoms with E-state index in [0.717, 1.165) is 11.3 Å². The van der Waals surface area contributed by atoms with Crippen LogP contribution in [0.3, 0.4) is 0 Å². The normalized spacial score (nSPS) is 22.4. The number of ketones is 1. The summed E-state index contributed by atoms with van der Waals surface area (Å²) in [4.78, 5) is 25.3. The number of rotatable bonds is 2. The lowest BCUT2D eigenvalue weighted by molar-refractivity contribution is -0.124. The van der Waals surface area contributed by atoms with Crippen LogP contribution in [0, 0.1) is 0 Å². The van der Waals surface area contributed by atoms with Crippen molar-refractivity contribution in [1.82, 2.24) is 0 Å². The Balaban J connectivity index is 2.17. The van der Waals surface area contributed by atoms with Crippen LogP contribution >= 0.6 is 22.9 Å². The number of nitrogens with two attached hydrogens (primary N) is 3. The van der Waals surface area contributed by atoms with Gasteiger partial charge in [-0.1, -0.05) is 36.4 Å². The Kier molecular flexibility index (Phi) is 3.49. The van der Waals surface area contributed by atoms with E-state index in [1.165, 1.54) is 0 Å². The van der Waals surface area contributed by atoms with Crippen molar-refractivity contribution in [3.8, 4) is 0 Å². The summed E-state index contributed by atoms with van der Waals surface area (Å²) in [6.45, 7) is 0. The van der Waals surface area contributed by atoms with E-state index in [9.17, 15) is 9.59 Å². The number of halogens is 1. The smallest absolute Gasteiger partial charge is 0.262 e. The molecule has 25 heavy (non-hydrogen) atoms. The predicted octanol–water partition coefficient (Wildman–Crippen LogP) is 2.65. The fraction of sp³-hybridized carbons (Fsp3) is 0.111. The molecule has 4 rings (SSSR count). The van der Waals surface area contributed by atoms with Crippen molar-refractivity contribution >= 4 is 49.7 Å². The molecule has 2 atom stereocenters. The van der Waals surface area contributed by atoms with Crippen molar-refractivity contribution in [2.45, 2.75) is 11.6 Å². The predicted molar refractivity (Wildman–Crippen MR) is 99.8 cm³/mol. The first-order valence-electron chi connectivity index (χ1n) is 7.56. The van der Waals surface area contributed by atoms with Crippen molar-refractivity contribution in [1.29, 1.82) is 0 Å². The van der Waals surface area contributed by atoms with Gasteiger partial charge in [0.15, 0.2) is 5.78 Å². The quantitative estimate of drug-likeness (QED) is 0.473. The molecule has 0 saturated heterocycles. The van der Waals surface area contributed by atoms with E-state index >= 15 is 0 Å². The Labute approximate surface area is 152 Å². The van der Waals surface area contributed by atoms with Crippen LogP contribution in [0.5, 0.6) is 0 Å². The van der Waals surface area contributed by atoms with Crippen LogP contribution < -0.4 is 17.2 Å². The van der Waals surface area contributed by atoms with Crippen LogP contribution in [0.15, 0.2) is 42.5 Å². The molecule has 2 unspecified atom stereocenters. The molecule has 0 fully saturated rings. The van der Waals surface area contributed by atoms with E-state index in [-0.39, 0.29) is 10.7 Å².